The van der Waals surface area contributed by atoms with Crippen LogP contribution < -0.4 is 4.74 Å². The van der Waals surface area contributed by atoms with Gasteiger partial charge in [0.2, 0.25) is 5.91 Å². The summed E-state index contributed by atoms with van der Waals surface area (Å²) in [5.41, 5.74) is 3.33. The van der Waals surface area contributed by atoms with Crippen LogP contribution in [0, 0.1) is 0 Å². The van der Waals surface area contributed by atoms with Crippen LogP contribution >= 0.6 is 23.2 Å². The molecular formula is C33H42Cl2N3O2+. The molecule has 7 heteroatoms. The van der Waals surface area contributed by atoms with E-state index in [1.54, 1.807) is 12.1 Å². The van der Waals surface area contributed by atoms with Gasteiger partial charge in [0.05, 0.1) is 49.8 Å². The molecule has 1 saturated heterocycles. The lowest BCUT2D eigenvalue weighted by Crippen LogP contribution is -2.40. The molecule has 1 amide bonds. The summed E-state index contributed by atoms with van der Waals surface area (Å²) in [7, 11) is 6.43. The molecule has 5 nitrogen and oxygen atoms in total. The molecule has 214 valence electrons. The smallest absolute Gasteiger partial charge is 0.227 e. The van der Waals surface area contributed by atoms with Crippen molar-refractivity contribution in [3.8, 4) is 5.75 Å². The summed E-state index contributed by atoms with van der Waals surface area (Å²) in [6.45, 7) is 5.69. The highest BCUT2D eigenvalue weighted by atomic mass is 35.5. The van der Waals surface area contributed by atoms with Crippen LogP contribution in [0.25, 0.3) is 0 Å². The minimum atomic E-state index is -0.0430. The number of amides is 1. The van der Waals surface area contributed by atoms with Gasteiger partial charge in [0.25, 0.3) is 0 Å². The third-order valence-electron chi connectivity index (χ3n) is 7.72. The topological polar surface area (TPSA) is 32.8 Å². The standard InChI is InChI=1S/C33H42Cl2N3O2/c1-36(33(39)23-27-12-17-30(34)31(35)22-27)32(24-37-18-7-8-19-37)28-13-15-29(16-14-28)40-21-9-20-38(2,3)25-26-10-5-4-6-11-26/h4-6,10-17,22,32H,7-9,18-21,23-25H2,1-3H3/q+1. The maximum absolute atomic E-state index is 13.3. The summed E-state index contributed by atoms with van der Waals surface area (Å²) >= 11 is 12.3. The van der Waals surface area contributed by atoms with Gasteiger partial charge < -0.3 is 19.0 Å². The molecule has 0 bridgehead atoms. The molecule has 0 radical (unpaired) electrons. The first-order chi connectivity index (χ1) is 19.2. The minimum Gasteiger partial charge on any atom is -0.493 e. The van der Waals surface area contributed by atoms with Crippen molar-refractivity contribution in [2.24, 2.45) is 0 Å². The number of carbonyl (C=O) groups is 1. The molecular weight excluding hydrogens is 541 g/mol. The third-order valence-corrected chi connectivity index (χ3v) is 8.46. The first-order valence-electron chi connectivity index (χ1n) is 14.2. The van der Waals surface area contributed by atoms with E-state index in [0.717, 1.165) is 60.5 Å². The van der Waals surface area contributed by atoms with Gasteiger partial charge in [0.15, 0.2) is 0 Å². The highest BCUT2D eigenvalue weighted by molar-refractivity contribution is 6.42. The predicted molar refractivity (Wildman–Crippen MR) is 165 cm³/mol. The van der Waals surface area contributed by atoms with E-state index in [2.05, 4.69) is 61.5 Å². The SMILES string of the molecule is CN(C(=O)Cc1ccc(Cl)c(Cl)c1)C(CN1CCCC1)c1ccc(OCCC[N+](C)(C)Cc2ccccc2)cc1. The zero-order valence-corrected chi connectivity index (χ0v) is 25.5. The van der Waals surface area contributed by atoms with Crippen LogP contribution in [0.1, 0.15) is 42.0 Å². The van der Waals surface area contributed by atoms with E-state index in [0.29, 0.717) is 16.7 Å². The van der Waals surface area contributed by atoms with Gasteiger partial charge in [0.1, 0.15) is 12.3 Å². The number of likely N-dealkylation sites (tertiary alicyclic amines) is 1. The summed E-state index contributed by atoms with van der Waals surface area (Å²) in [6.07, 6.45) is 3.68. The Morgan fingerprint density at radius 2 is 1.65 bits per heavy atom. The Morgan fingerprint density at radius 1 is 0.950 bits per heavy atom. The van der Waals surface area contributed by atoms with Crippen LogP contribution in [0.5, 0.6) is 5.75 Å². The van der Waals surface area contributed by atoms with E-state index in [4.69, 9.17) is 27.9 Å². The quantitative estimate of drug-likeness (QED) is 0.163. The lowest BCUT2D eigenvalue weighted by Gasteiger charge is -2.32. The lowest BCUT2D eigenvalue weighted by molar-refractivity contribution is -0.903. The Balaban J connectivity index is 1.34. The van der Waals surface area contributed by atoms with Gasteiger partial charge in [-0.05, 0) is 61.3 Å². The third kappa shape index (κ3) is 8.97. The molecule has 0 aliphatic carbocycles. The van der Waals surface area contributed by atoms with E-state index in [9.17, 15) is 4.79 Å². The van der Waals surface area contributed by atoms with Crippen molar-refractivity contribution < 1.29 is 14.0 Å². The summed E-state index contributed by atoms with van der Waals surface area (Å²) < 4.78 is 7.03. The normalized spacial score (nSPS) is 14.7. The van der Waals surface area contributed by atoms with Crippen LogP contribution in [0.15, 0.2) is 72.8 Å². The molecule has 1 aliphatic rings. The molecule has 1 atom stereocenters. The fraction of sp³-hybridized carbons (Fsp3) is 0.424. The zero-order chi connectivity index (χ0) is 28.5. The average molecular weight is 584 g/mol. The largest absolute Gasteiger partial charge is 0.493 e. The molecule has 3 aromatic carbocycles. The van der Waals surface area contributed by atoms with Crippen molar-refractivity contribution in [1.82, 2.24) is 9.80 Å². The number of benzene rings is 3. The van der Waals surface area contributed by atoms with Crippen LogP contribution in [-0.2, 0) is 17.8 Å². The van der Waals surface area contributed by atoms with Gasteiger partial charge in [-0.1, -0.05) is 71.7 Å². The Hall–Kier alpha value is -2.57. The Kier molecular flexibility index (Phi) is 10.9. The van der Waals surface area contributed by atoms with Crippen molar-refractivity contribution in [2.75, 3.05) is 53.9 Å². The molecule has 3 aromatic rings. The second kappa shape index (κ2) is 14.4. The van der Waals surface area contributed by atoms with Gasteiger partial charge in [-0.25, -0.2) is 0 Å². The zero-order valence-electron chi connectivity index (χ0n) is 24.0. The number of quaternary nitrogens is 1. The van der Waals surface area contributed by atoms with Crippen molar-refractivity contribution in [1.29, 1.82) is 0 Å². The predicted octanol–water partition coefficient (Wildman–Crippen LogP) is 6.88. The Morgan fingerprint density at radius 3 is 2.33 bits per heavy atom. The first-order valence-corrected chi connectivity index (χ1v) is 15.0. The molecule has 1 unspecified atom stereocenters. The fourth-order valence-electron chi connectivity index (χ4n) is 5.41. The van der Waals surface area contributed by atoms with Crippen molar-refractivity contribution >= 4 is 29.1 Å². The number of rotatable bonds is 13. The van der Waals surface area contributed by atoms with Crippen LogP contribution in [0.3, 0.4) is 0 Å². The van der Waals surface area contributed by atoms with Gasteiger partial charge in [-0.15, -0.1) is 0 Å². The van der Waals surface area contributed by atoms with Gasteiger partial charge in [0, 0.05) is 25.6 Å². The van der Waals surface area contributed by atoms with E-state index in [1.807, 2.05) is 30.1 Å². The molecule has 0 aromatic heterocycles. The molecule has 1 heterocycles. The Bertz CT molecular complexity index is 1230. The molecule has 4 rings (SSSR count). The fourth-order valence-corrected chi connectivity index (χ4v) is 5.73. The van der Waals surface area contributed by atoms with E-state index >= 15 is 0 Å². The van der Waals surface area contributed by atoms with Crippen LogP contribution in [0.2, 0.25) is 10.0 Å². The lowest BCUT2D eigenvalue weighted by atomic mass is 10.0. The molecule has 1 aliphatic heterocycles. The molecule has 0 N–H and O–H groups in total. The summed E-state index contributed by atoms with van der Waals surface area (Å²) in [4.78, 5) is 17.7. The molecule has 0 spiro atoms. The number of carbonyl (C=O) groups excluding carboxylic acids is 1. The summed E-state index contributed by atoms with van der Waals surface area (Å²) in [5, 5.41) is 0.966. The van der Waals surface area contributed by atoms with E-state index < -0.39 is 0 Å². The first kappa shape index (κ1) is 30.4. The number of halogens is 2. The molecule has 40 heavy (non-hydrogen) atoms. The maximum Gasteiger partial charge on any atom is 0.227 e. The van der Waals surface area contributed by atoms with Crippen molar-refractivity contribution in [3.05, 3.63) is 99.5 Å². The van der Waals surface area contributed by atoms with Gasteiger partial charge in [-0.2, -0.15) is 0 Å². The monoisotopic (exact) mass is 582 g/mol. The van der Waals surface area contributed by atoms with E-state index in [-0.39, 0.29) is 18.4 Å². The highest BCUT2D eigenvalue weighted by Crippen LogP contribution is 2.27. The molecule has 0 saturated carbocycles. The second-order valence-electron chi connectivity index (χ2n) is 11.5. The highest BCUT2D eigenvalue weighted by Gasteiger charge is 2.26. The average Bonchev–Trinajstić information content (AvgIpc) is 3.46. The van der Waals surface area contributed by atoms with E-state index in [1.165, 1.54) is 18.4 Å². The van der Waals surface area contributed by atoms with Gasteiger partial charge >= 0.3 is 0 Å². The summed E-state index contributed by atoms with van der Waals surface area (Å²) in [5.74, 6) is 0.918. The molecule has 1 fully saturated rings. The van der Waals surface area contributed by atoms with Crippen molar-refractivity contribution in [3.63, 3.8) is 0 Å². The van der Waals surface area contributed by atoms with Crippen LogP contribution in [-0.4, -0.2) is 74.1 Å². The second-order valence-corrected chi connectivity index (χ2v) is 12.3. The number of likely N-dealkylation sites (N-methyl/N-ethyl adjacent to an activating group) is 1. The number of hydrogen-bond acceptors (Lipinski definition) is 3. The maximum atomic E-state index is 13.3. The van der Waals surface area contributed by atoms with Crippen LogP contribution in [0.4, 0.5) is 0 Å². The summed E-state index contributed by atoms with van der Waals surface area (Å²) in [6, 6.07) is 24.3. The van der Waals surface area contributed by atoms with Crippen molar-refractivity contribution in [2.45, 2.75) is 38.3 Å². The van der Waals surface area contributed by atoms with Gasteiger partial charge in [-0.3, -0.25) is 4.79 Å². The Labute approximate surface area is 249 Å². The minimum absolute atomic E-state index is 0.0430. The number of ether oxygens (including phenoxy) is 1. The number of nitrogens with zero attached hydrogens (tertiary/aromatic N) is 3. The number of hydrogen-bond donors (Lipinski definition) is 0.